The lowest BCUT2D eigenvalue weighted by molar-refractivity contribution is -0.163. The van der Waals surface area contributed by atoms with E-state index in [-0.39, 0.29) is 16.6 Å². The molecule has 0 radical (unpaired) electrons. The number of amides is 1. The monoisotopic (exact) mass is 484 g/mol. The maximum atomic E-state index is 13.6. The van der Waals surface area contributed by atoms with Crippen LogP contribution in [0, 0.1) is 0 Å². The van der Waals surface area contributed by atoms with Crippen molar-refractivity contribution in [2.24, 2.45) is 0 Å². The molecule has 0 spiro atoms. The molecule has 3 aromatic rings. The van der Waals surface area contributed by atoms with E-state index < -0.39 is 30.4 Å². The van der Waals surface area contributed by atoms with Gasteiger partial charge >= 0.3 is 11.9 Å². The van der Waals surface area contributed by atoms with Gasteiger partial charge in [0.05, 0.1) is 0 Å². The number of benzene rings is 2. The normalized spacial score (nSPS) is 14.9. The summed E-state index contributed by atoms with van der Waals surface area (Å²) in [6.45, 7) is -0.670. The average Bonchev–Trinajstić information content (AvgIpc) is 3.51. The molecule has 1 aliphatic rings. The van der Waals surface area contributed by atoms with Crippen molar-refractivity contribution >= 4 is 29.1 Å². The van der Waals surface area contributed by atoms with Gasteiger partial charge in [0.1, 0.15) is 6.54 Å². The summed E-state index contributed by atoms with van der Waals surface area (Å²) in [5, 5.41) is 6.54. The van der Waals surface area contributed by atoms with Gasteiger partial charge in [-0.05, 0) is 43.2 Å². The van der Waals surface area contributed by atoms with Gasteiger partial charge in [-0.3, -0.25) is 9.36 Å². The molecule has 4 rings (SSSR count). The molecule has 0 bridgehead atoms. The highest BCUT2D eigenvalue weighted by atomic mass is 35.5. The third-order valence-corrected chi connectivity index (χ3v) is 5.62. The molecule has 168 valence electrons. The number of nitrogens with zero attached hydrogens (tertiary/aromatic N) is 3. The maximum absolute atomic E-state index is 13.6. The molecule has 1 heterocycles. The minimum atomic E-state index is -4.78. The summed E-state index contributed by atoms with van der Waals surface area (Å²) in [7, 11) is 0. The molecule has 1 amide bonds. The van der Waals surface area contributed by atoms with Gasteiger partial charge in [-0.25, -0.2) is 9.48 Å². The number of carbonyl (C=O) groups is 1. The predicted octanol–water partition coefficient (Wildman–Crippen LogP) is 4.77. The van der Waals surface area contributed by atoms with Crippen molar-refractivity contribution in [2.45, 2.75) is 37.6 Å². The van der Waals surface area contributed by atoms with Gasteiger partial charge in [-0.15, -0.1) is 5.10 Å². The number of aromatic nitrogens is 3. The second-order valence-corrected chi connectivity index (χ2v) is 8.28. The SMILES string of the molecule is O=C(Cn1nc(-c2ccc(Cl)cc2)n(C2CC2)c1=O)NC(c1ccccc1Cl)C(F)(F)F. The molecule has 1 atom stereocenters. The zero-order valence-electron chi connectivity index (χ0n) is 16.4. The molecule has 1 saturated carbocycles. The molecule has 32 heavy (non-hydrogen) atoms. The zero-order valence-corrected chi connectivity index (χ0v) is 18.0. The summed E-state index contributed by atoms with van der Waals surface area (Å²) in [5.41, 5.74) is -0.233. The molecule has 1 aliphatic carbocycles. The first-order valence-corrected chi connectivity index (χ1v) is 10.5. The molecule has 0 aliphatic heterocycles. The van der Waals surface area contributed by atoms with Crippen molar-refractivity contribution in [3.63, 3.8) is 0 Å². The third kappa shape index (κ3) is 4.68. The highest BCUT2D eigenvalue weighted by molar-refractivity contribution is 6.31. The third-order valence-electron chi connectivity index (χ3n) is 5.03. The summed E-state index contributed by atoms with van der Waals surface area (Å²) in [4.78, 5) is 25.4. The summed E-state index contributed by atoms with van der Waals surface area (Å²) >= 11 is 11.8. The van der Waals surface area contributed by atoms with Crippen molar-refractivity contribution in [3.8, 4) is 11.4 Å². The van der Waals surface area contributed by atoms with Gasteiger partial charge in [0.25, 0.3) is 0 Å². The fourth-order valence-electron chi connectivity index (χ4n) is 3.37. The zero-order chi connectivity index (χ0) is 23.0. The first kappa shape index (κ1) is 22.4. The number of hydrogen-bond donors (Lipinski definition) is 1. The van der Waals surface area contributed by atoms with Crippen molar-refractivity contribution in [1.82, 2.24) is 19.7 Å². The van der Waals surface area contributed by atoms with E-state index in [0.29, 0.717) is 16.4 Å². The Balaban J connectivity index is 1.62. The number of nitrogens with one attached hydrogen (secondary N) is 1. The Morgan fingerprint density at radius 2 is 1.78 bits per heavy atom. The largest absolute Gasteiger partial charge is 0.412 e. The van der Waals surface area contributed by atoms with E-state index in [0.717, 1.165) is 17.5 Å². The first-order valence-electron chi connectivity index (χ1n) is 9.71. The molecule has 1 fully saturated rings. The second kappa shape index (κ2) is 8.63. The number of alkyl halides is 3. The van der Waals surface area contributed by atoms with E-state index in [9.17, 15) is 22.8 Å². The topological polar surface area (TPSA) is 68.9 Å². The van der Waals surface area contributed by atoms with Crippen LogP contribution in [0.4, 0.5) is 13.2 Å². The smallest absolute Gasteiger partial charge is 0.339 e. The number of hydrogen-bond acceptors (Lipinski definition) is 3. The van der Waals surface area contributed by atoms with Crippen LogP contribution in [-0.4, -0.2) is 26.4 Å². The van der Waals surface area contributed by atoms with Crippen molar-refractivity contribution in [2.75, 3.05) is 0 Å². The molecular formula is C21H17Cl2F3N4O2. The van der Waals surface area contributed by atoms with E-state index in [2.05, 4.69) is 5.10 Å². The quantitative estimate of drug-likeness (QED) is 0.547. The van der Waals surface area contributed by atoms with Gasteiger partial charge in [0, 0.05) is 27.2 Å². The van der Waals surface area contributed by atoms with E-state index in [1.807, 2.05) is 5.32 Å². The van der Waals surface area contributed by atoms with E-state index >= 15 is 0 Å². The van der Waals surface area contributed by atoms with Gasteiger partial charge < -0.3 is 5.32 Å². The Kier molecular flexibility index (Phi) is 6.05. The van der Waals surface area contributed by atoms with Crippen molar-refractivity contribution in [1.29, 1.82) is 0 Å². The fraction of sp³-hybridized carbons (Fsp3) is 0.286. The highest BCUT2D eigenvalue weighted by Crippen LogP contribution is 2.37. The lowest BCUT2D eigenvalue weighted by Crippen LogP contribution is -2.41. The minimum absolute atomic E-state index is 0.0592. The summed E-state index contributed by atoms with van der Waals surface area (Å²) in [6, 6.07) is 9.65. The predicted molar refractivity (Wildman–Crippen MR) is 114 cm³/mol. The van der Waals surface area contributed by atoms with Gasteiger partial charge in [-0.2, -0.15) is 13.2 Å². The minimum Gasteiger partial charge on any atom is -0.339 e. The number of carbonyl (C=O) groups excluding carboxylic acids is 1. The first-order chi connectivity index (χ1) is 15.1. The standard InChI is InChI=1S/C21H17Cl2F3N4O2/c22-13-7-5-12(6-8-13)19-28-29(20(32)30(19)14-9-10-14)11-17(31)27-18(21(24,25)26)15-3-1-2-4-16(15)23/h1-8,14,18H,9-11H2,(H,27,31). The van der Waals surface area contributed by atoms with Gasteiger partial charge in [-0.1, -0.05) is 41.4 Å². The summed E-state index contributed by atoms with van der Waals surface area (Å²) in [5.74, 6) is -0.683. The molecule has 11 heteroatoms. The molecule has 1 N–H and O–H groups in total. The van der Waals surface area contributed by atoms with Crippen LogP contribution in [0.1, 0.15) is 30.5 Å². The van der Waals surface area contributed by atoms with Crippen LogP contribution in [0.25, 0.3) is 11.4 Å². The Morgan fingerprint density at radius 1 is 1.12 bits per heavy atom. The van der Waals surface area contributed by atoms with E-state index in [1.165, 1.54) is 28.8 Å². The molecule has 0 saturated heterocycles. The Hall–Kier alpha value is -2.78. The lowest BCUT2D eigenvalue weighted by atomic mass is 10.1. The van der Waals surface area contributed by atoms with Crippen LogP contribution in [-0.2, 0) is 11.3 Å². The average molecular weight is 485 g/mol. The molecule has 1 unspecified atom stereocenters. The highest BCUT2D eigenvalue weighted by Gasteiger charge is 2.43. The number of rotatable bonds is 6. The molecular weight excluding hydrogens is 468 g/mol. The van der Waals surface area contributed by atoms with Gasteiger partial charge in [0.2, 0.25) is 5.91 Å². The van der Waals surface area contributed by atoms with Crippen molar-refractivity contribution < 1.29 is 18.0 Å². The molecule has 2 aromatic carbocycles. The lowest BCUT2D eigenvalue weighted by Gasteiger charge is -2.22. The Bertz CT molecular complexity index is 1200. The van der Waals surface area contributed by atoms with Crippen LogP contribution in [0.2, 0.25) is 10.0 Å². The van der Waals surface area contributed by atoms with Crippen molar-refractivity contribution in [3.05, 3.63) is 74.6 Å². The molecule has 6 nitrogen and oxygen atoms in total. The fourth-order valence-corrected chi connectivity index (χ4v) is 3.74. The van der Waals surface area contributed by atoms with Crippen LogP contribution in [0.3, 0.4) is 0 Å². The van der Waals surface area contributed by atoms with Crippen LogP contribution < -0.4 is 11.0 Å². The van der Waals surface area contributed by atoms with E-state index in [4.69, 9.17) is 23.2 Å². The summed E-state index contributed by atoms with van der Waals surface area (Å²) in [6.07, 6.45) is -3.23. The van der Waals surface area contributed by atoms with Gasteiger partial charge in [0.15, 0.2) is 11.9 Å². The van der Waals surface area contributed by atoms with Crippen LogP contribution in [0.5, 0.6) is 0 Å². The van der Waals surface area contributed by atoms with Crippen LogP contribution in [0.15, 0.2) is 53.3 Å². The number of halogens is 5. The van der Waals surface area contributed by atoms with E-state index in [1.54, 1.807) is 24.3 Å². The summed E-state index contributed by atoms with van der Waals surface area (Å²) < 4.78 is 43.2. The second-order valence-electron chi connectivity index (χ2n) is 7.44. The molecule has 1 aromatic heterocycles. The Morgan fingerprint density at radius 3 is 2.38 bits per heavy atom. The maximum Gasteiger partial charge on any atom is 0.412 e. The Labute approximate surface area is 190 Å². The van der Waals surface area contributed by atoms with Crippen LogP contribution >= 0.6 is 23.2 Å².